The summed E-state index contributed by atoms with van der Waals surface area (Å²) in [5, 5.41) is 0. The van der Waals surface area contributed by atoms with Gasteiger partial charge in [-0.3, -0.25) is 0 Å². The highest BCUT2D eigenvalue weighted by atomic mass is 16.2. The summed E-state index contributed by atoms with van der Waals surface area (Å²) in [6.45, 7) is 11.5. The lowest BCUT2D eigenvalue weighted by Crippen LogP contribution is -2.52. The molecule has 3 rings (SSSR count). The van der Waals surface area contributed by atoms with Crippen LogP contribution in [0, 0.1) is 13.8 Å². The van der Waals surface area contributed by atoms with Gasteiger partial charge in [0.2, 0.25) is 0 Å². The number of anilines is 1. The summed E-state index contributed by atoms with van der Waals surface area (Å²) >= 11 is 0. The molecule has 0 aliphatic carbocycles. The number of piperazine rings is 1. The number of rotatable bonds is 4. The van der Waals surface area contributed by atoms with Gasteiger partial charge in [-0.1, -0.05) is 43.7 Å². The topological polar surface area (TPSA) is 52.6 Å². The number of amides is 2. The number of nitrogens with zero attached hydrogens (tertiary/aromatic N) is 5. The van der Waals surface area contributed by atoms with Crippen molar-refractivity contribution in [2.45, 2.75) is 40.0 Å². The van der Waals surface area contributed by atoms with E-state index >= 15 is 0 Å². The highest BCUT2D eigenvalue weighted by Gasteiger charge is 2.26. The first-order valence-corrected chi connectivity index (χ1v) is 10.4. The average Bonchev–Trinajstić information content (AvgIpc) is 2.68. The summed E-state index contributed by atoms with van der Waals surface area (Å²) in [5.41, 5.74) is 4.77. The van der Waals surface area contributed by atoms with Gasteiger partial charge < -0.3 is 14.7 Å². The zero-order valence-corrected chi connectivity index (χ0v) is 18.6. The van der Waals surface area contributed by atoms with Gasteiger partial charge in [0.25, 0.3) is 0 Å². The van der Waals surface area contributed by atoms with Crippen LogP contribution in [-0.2, 0) is 6.42 Å². The lowest BCUT2D eigenvalue weighted by Gasteiger charge is -2.37. The van der Waals surface area contributed by atoms with Crippen molar-refractivity contribution in [2.75, 3.05) is 45.2 Å². The largest absolute Gasteiger partial charge is 0.353 e. The molecule has 1 aromatic heterocycles. The predicted molar refractivity (Wildman–Crippen MR) is 118 cm³/mol. The molecule has 29 heavy (non-hydrogen) atoms. The fraction of sp³-hybridized carbons (Fsp3) is 0.522. The van der Waals surface area contributed by atoms with E-state index in [1.807, 2.05) is 4.90 Å². The third kappa shape index (κ3) is 4.86. The first-order chi connectivity index (χ1) is 13.8. The molecule has 0 saturated carbocycles. The Bertz CT molecular complexity index is 870. The zero-order chi connectivity index (χ0) is 21.1. The van der Waals surface area contributed by atoms with Crippen LogP contribution in [0.15, 0.2) is 24.3 Å². The molecule has 6 nitrogen and oxygen atoms in total. The van der Waals surface area contributed by atoms with Crippen LogP contribution in [-0.4, -0.2) is 66.1 Å². The van der Waals surface area contributed by atoms with Gasteiger partial charge in [-0.05, 0) is 19.4 Å². The first kappa shape index (κ1) is 21.1. The molecule has 1 saturated heterocycles. The number of carbonyl (C=O) groups excluding carboxylic acids is 1. The van der Waals surface area contributed by atoms with Crippen molar-refractivity contribution in [3.63, 3.8) is 0 Å². The van der Waals surface area contributed by atoms with Crippen LogP contribution in [0.1, 0.15) is 48.0 Å². The van der Waals surface area contributed by atoms with Crippen molar-refractivity contribution in [1.82, 2.24) is 19.8 Å². The van der Waals surface area contributed by atoms with Crippen LogP contribution in [0.2, 0.25) is 0 Å². The van der Waals surface area contributed by atoms with Gasteiger partial charge >= 0.3 is 6.03 Å². The van der Waals surface area contributed by atoms with Crippen molar-refractivity contribution in [2.24, 2.45) is 0 Å². The Morgan fingerprint density at radius 2 is 1.79 bits per heavy atom. The van der Waals surface area contributed by atoms with Gasteiger partial charge in [0.15, 0.2) is 0 Å². The van der Waals surface area contributed by atoms with Crippen LogP contribution in [0.4, 0.5) is 10.6 Å². The minimum Gasteiger partial charge on any atom is -0.353 e. The fourth-order valence-corrected chi connectivity index (χ4v) is 3.75. The van der Waals surface area contributed by atoms with E-state index in [0.29, 0.717) is 13.1 Å². The van der Waals surface area contributed by atoms with Gasteiger partial charge in [0.05, 0.1) is 0 Å². The van der Waals surface area contributed by atoms with E-state index in [4.69, 9.17) is 9.97 Å². The maximum atomic E-state index is 12.3. The molecule has 6 heteroatoms. The number of hydrogen-bond donors (Lipinski definition) is 0. The highest BCUT2D eigenvalue weighted by molar-refractivity contribution is 5.74. The quantitative estimate of drug-likeness (QED) is 0.794. The predicted octanol–water partition coefficient (Wildman–Crippen LogP) is 3.61. The molecule has 2 heterocycles. The van der Waals surface area contributed by atoms with Gasteiger partial charge in [0, 0.05) is 63.9 Å². The number of hydrogen-bond acceptors (Lipinski definition) is 4. The van der Waals surface area contributed by atoms with Crippen LogP contribution in [0.3, 0.4) is 0 Å². The molecular formula is C23H33N5O. The van der Waals surface area contributed by atoms with Crippen molar-refractivity contribution in [3.8, 4) is 0 Å². The van der Waals surface area contributed by atoms with Gasteiger partial charge in [-0.25, -0.2) is 14.8 Å². The second kappa shape index (κ2) is 8.80. The highest BCUT2D eigenvalue weighted by Crippen LogP contribution is 2.27. The summed E-state index contributed by atoms with van der Waals surface area (Å²) < 4.78 is 0. The van der Waals surface area contributed by atoms with E-state index in [0.717, 1.165) is 36.8 Å². The second-order valence-electron chi connectivity index (χ2n) is 8.44. The lowest BCUT2D eigenvalue weighted by molar-refractivity contribution is 0.168. The lowest BCUT2D eigenvalue weighted by atomic mass is 10.0. The van der Waals surface area contributed by atoms with E-state index in [2.05, 4.69) is 56.9 Å². The Morgan fingerprint density at radius 3 is 2.38 bits per heavy atom. The summed E-state index contributed by atoms with van der Waals surface area (Å²) in [4.78, 5) is 28.0. The molecule has 0 bridgehead atoms. The summed E-state index contributed by atoms with van der Waals surface area (Å²) in [7, 11) is 3.61. The Hall–Kier alpha value is -2.63. The average molecular weight is 396 g/mol. The molecule has 0 unspecified atom stereocenters. The van der Waals surface area contributed by atoms with E-state index in [-0.39, 0.29) is 11.9 Å². The van der Waals surface area contributed by atoms with Crippen LogP contribution >= 0.6 is 0 Å². The maximum absolute atomic E-state index is 12.3. The molecule has 1 aliphatic rings. The number of benzene rings is 1. The van der Waals surface area contributed by atoms with Crippen LogP contribution in [0.5, 0.6) is 0 Å². The Kier molecular flexibility index (Phi) is 6.40. The Balaban J connectivity index is 1.91. The van der Waals surface area contributed by atoms with E-state index in [9.17, 15) is 4.79 Å². The smallest absolute Gasteiger partial charge is 0.319 e. The van der Waals surface area contributed by atoms with Crippen molar-refractivity contribution in [3.05, 3.63) is 52.5 Å². The monoisotopic (exact) mass is 395 g/mol. The maximum Gasteiger partial charge on any atom is 0.319 e. The van der Waals surface area contributed by atoms with E-state index in [1.54, 1.807) is 19.0 Å². The van der Waals surface area contributed by atoms with E-state index in [1.165, 1.54) is 16.7 Å². The molecule has 1 fully saturated rings. The molecule has 0 radical (unpaired) electrons. The first-order valence-electron chi connectivity index (χ1n) is 10.4. The molecule has 2 amide bonds. The third-order valence-corrected chi connectivity index (χ3v) is 5.42. The zero-order valence-electron chi connectivity index (χ0n) is 18.6. The SMILES string of the molecule is Cc1cccc(Cc2c(C)nc(C(C)C)nc2N2CCN(C(=O)N(C)C)CC2)c1. The number of aryl methyl sites for hydroxylation is 2. The molecule has 1 aromatic carbocycles. The standard InChI is InChI=1S/C23H33N5O/c1-16(2)21-24-18(4)20(15-19-9-7-8-17(3)14-19)22(25-21)27-10-12-28(13-11-27)23(29)26(5)6/h7-9,14,16H,10-13,15H2,1-6H3. The molecule has 0 atom stereocenters. The fourth-order valence-electron chi connectivity index (χ4n) is 3.75. The summed E-state index contributed by atoms with van der Waals surface area (Å²) in [5.74, 6) is 2.19. The Labute approximate surface area is 174 Å². The molecule has 1 aliphatic heterocycles. The molecular weight excluding hydrogens is 362 g/mol. The van der Waals surface area contributed by atoms with Gasteiger partial charge in [-0.2, -0.15) is 0 Å². The normalized spacial score (nSPS) is 14.4. The number of aromatic nitrogens is 2. The molecule has 0 spiro atoms. The molecule has 156 valence electrons. The minimum absolute atomic E-state index is 0.0753. The second-order valence-corrected chi connectivity index (χ2v) is 8.44. The number of carbonyl (C=O) groups is 1. The Morgan fingerprint density at radius 1 is 1.10 bits per heavy atom. The van der Waals surface area contributed by atoms with Gasteiger partial charge in [-0.15, -0.1) is 0 Å². The van der Waals surface area contributed by atoms with Crippen molar-refractivity contribution < 1.29 is 4.79 Å². The third-order valence-electron chi connectivity index (χ3n) is 5.42. The summed E-state index contributed by atoms with van der Waals surface area (Å²) in [6.07, 6.45) is 0.818. The minimum atomic E-state index is 0.0753. The van der Waals surface area contributed by atoms with Crippen LogP contribution < -0.4 is 4.90 Å². The number of urea groups is 1. The molecule has 2 aromatic rings. The van der Waals surface area contributed by atoms with Crippen molar-refractivity contribution >= 4 is 11.8 Å². The molecule has 0 N–H and O–H groups in total. The van der Waals surface area contributed by atoms with Gasteiger partial charge in [0.1, 0.15) is 11.6 Å². The summed E-state index contributed by atoms with van der Waals surface area (Å²) in [6, 6.07) is 8.70. The van der Waals surface area contributed by atoms with Crippen LogP contribution in [0.25, 0.3) is 0 Å². The van der Waals surface area contributed by atoms with E-state index < -0.39 is 0 Å². The van der Waals surface area contributed by atoms with Crippen molar-refractivity contribution in [1.29, 1.82) is 0 Å².